The van der Waals surface area contributed by atoms with Crippen molar-refractivity contribution in [2.75, 3.05) is 5.32 Å². The molecule has 2 heteroatoms. The highest BCUT2D eigenvalue weighted by molar-refractivity contribution is 5.76. The number of hydrogen-bond acceptors (Lipinski definition) is 2. The lowest BCUT2D eigenvalue weighted by Gasteiger charge is -2.46. The molecule has 0 radical (unpaired) electrons. The van der Waals surface area contributed by atoms with E-state index in [-0.39, 0.29) is 0 Å². The van der Waals surface area contributed by atoms with Gasteiger partial charge in [-0.05, 0) is 38.0 Å². The minimum Gasteiger partial charge on any atom is -0.375 e. The molecule has 0 aromatic heterocycles. The highest BCUT2D eigenvalue weighted by atomic mass is 16.1. The van der Waals surface area contributed by atoms with Crippen molar-refractivity contribution in [3.8, 4) is 0 Å². The molecule has 0 bridgehead atoms. The first-order valence-corrected chi connectivity index (χ1v) is 7.19. The molecule has 3 rings (SSSR count). The highest BCUT2D eigenvalue weighted by Gasteiger charge is 2.47. The van der Waals surface area contributed by atoms with Crippen LogP contribution in [-0.2, 0) is 10.2 Å². The highest BCUT2D eigenvalue weighted by Crippen LogP contribution is 2.49. The summed E-state index contributed by atoms with van der Waals surface area (Å²) in [7, 11) is 0. The second-order valence-corrected chi connectivity index (χ2v) is 6.26. The summed E-state index contributed by atoms with van der Waals surface area (Å²) in [5.74, 6) is 2.23. The van der Waals surface area contributed by atoms with E-state index >= 15 is 0 Å². The van der Waals surface area contributed by atoms with Crippen molar-refractivity contribution in [2.45, 2.75) is 31.7 Å². The number of anilines is 1. The second kappa shape index (κ2) is 4.61. The third kappa shape index (κ3) is 1.91. The van der Waals surface area contributed by atoms with E-state index in [0.29, 0.717) is 0 Å². The first-order chi connectivity index (χ1) is 10.00. The monoisotopic (exact) mass is 277 g/mol. The number of para-hydroxylation sites is 1. The van der Waals surface area contributed by atoms with Gasteiger partial charge in [-0.2, -0.15) is 0 Å². The molecule has 1 atom stereocenters. The SMILES string of the molecule is CC1(C)Nc2ccccc2C(C)(c2ccccc2)C1=C=O. The second-order valence-electron chi connectivity index (χ2n) is 6.26. The van der Waals surface area contributed by atoms with E-state index < -0.39 is 11.0 Å². The summed E-state index contributed by atoms with van der Waals surface area (Å²) in [6.07, 6.45) is 0. The summed E-state index contributed by atoms with van der Waals surface area (Å²) in [5.41, 5.74) is 3.15. The zero-order chi connectivity index (χ0) is 15.1. The maximum atomic E-state index is 11.8. The van der Waals surface area contributed by atoms with Gasteiger partial charge in [0.1, 0.15) is 5.94 Å². The summed E-state index contributed by atoms with van der Waals surface area (Å²) in [4.78, 5) is 11.8. The number of carbonyl (C=O) groups excluding carboxylic acids is 1. The maximum Gasteiger partial charge on any atom is 0.127 e. The molecule has 2 aromatic carbocycles. The van der Waals surface area contributed by atoms with E-state index in [9.17, 15) is 4.79 Å². The van der Waals surface area contributed by atoms with Crippen LogP contribution in [0.3, 0.4) is 0 Å². The standard InChI is InChI=1S/C19H19NO/c1-18(2)17(13-21)19(3,14-9-5-4-6-10-14)15-11-7-8-12-16(15)20-18/h4-12,20H,1-3H3. The lowest BCUT2D eigenvalue weighted by molar-refractivity contribution is 0.502. The zero-order valence-corrected chi connectivity index (χ0v) is 12.6. The molecule has 1 N–H and O–H groups in total. The molecule has 1 unspecified atom stereocenters. The number of benzene rings is 2. The molecule has 1 aliphatic heterocycles. The molecule has 0 saturated heterocycles. The van der Waals surface area contributed by atoms with Gasteiger partial charge in [-0.1, -0.05) is 48.5 Å². The fourth-order valence-corrected chi connectivity index (χ4v) is 3.49. The Morgan fingerprint density at radius 1 is 0.905 bits per heavy atom. The van der Waals surface area contributed by atoms with Crippen LogP contribution in [0.4, 0.5) is 5.69 Å². The van der Waals surface area contributed by atoms with Crippen molar-refractivity contribution < 1.29 is 4.79 Å². The fourth-order valence-electron chi connectivity index (χ4n) is 3.49. The number of hydrogen-bond donors (Lipinski definition) is 1. The first kappa shape index (κ1) is 13.7. The van der Waals surface area contributed by atoms with Gasteiger partial charge in [0.05, 0.1) is 16.5 Å². The Morgan fingerprint density at radius 3 is 2.19 bits per heavy atom. The Morgan fingerprint density at radius 2 is 1.52 bits per heavy atom. The summed E-state index contributed by atoms with van der Waals surface area (Å²) in [6, 6.07) is 18.4. The van der Waals surface area contributed by atoms with Crippen LogP contribution in [0.2, 0.25) is 0 Å². The molecule has 21 heavy (non-hydrogen) atoms. The van der Waals surface area contributed by atoms with Crippen LogP contribution in [0.25, 0.3) is 0 Å². The summed E-state index contributed by atoms with van der Waals surface area (Å²) < 4.78 is 0. The van der Waals surface area contributed by atoms with Gasteiger partial charge in [0.25, 0.3) is 0 Å². The molecule has 2 aromatic rings. The van der Waals surface area contributed by atoms with Gasteiger partial charge in [0.15, 0.2) is 0 Å². The van der Waals surface area contributed by atoms with E-state index in [1.165, 1.54) is 0 Å². The minimum absolute atomic E-state index is 0.430. The van der Waals surface area contributed by atoms with Crippen molar-refractivity contribution in [3.05, 3.63) is 71.3 Å². The van der Waals surface area contributed by atoms with Crippen molar-refractivity contribution in [1.29, 1.82) is 0 Å². The molecular formula is C19H19NO. The minimum atomic E-state index is -0.464. The smallest absolute Gasteiger partial charge is 0.127 e. The molecule has 106 valence electrons. The van der Waals surface area contributed by atoms with Crippen LogP contribution in [0.15, 0.2) is 60.2 Å². The van der Waals surface area contributed by atoms with Crippen LogP contribution in [0.5, 0.6) is 0 Å². The third-order valence-corrected chi connectivity index (χ3v) is 4.49. The molecule has 0 aliphatic carbocycles. The van der Waals surface area contributed by atoms with E-state index in [1.807, 2.05) is 44.2 Å². The lowest BCUT2D eigenvalue weighted by atomic mass is 9.63. The van der Waals surface area contributed by atoms with Gasteiger partial charge >= 0.3 is 0 Å². The average molecular weight is 277 g/mol. The maximum absolute atomic E-state index is 11.8. The van der Waals surface area contributed by atoms with Crippen molar-refractivity contribution >= 4 is 11.6 Å². The van der Waals surface area contributed by atoms with Gasteiger partial charge in [-0.25, -0.2) is 4.79 Å². The Bertz CT molecular complexity index is 726. The average Bonchev–Trinajstić information content (AvgIpc) is 2.47. The largest absolute Gasteiger partial charge is 0.375 e. The van der Waals surface area contributed by atoms with E-state index in [0.717, 1.165) is 22.4 Å². The first-order valence-electron chi connectivity index (χ1n) is 7.19. The molecule has 2 nitrogen and oxygen atoms in total. The molecule has 1 aliphatic rings. The van der Waals surface area contributed by atoms with E-state index in [2.05, 4.69) is 42.4 Å². The number of fused-ring (bicyclic) bond motifs is 1. The molecular weight excluding hydrogens is 258 g/mol. The van der Waals surface area contributed by atoms with Crippen molar-refractivity contribution in [2.24, 2.45) is 0 Å². The number of nitrogens with one attached hydrogen (secondary N) is 1. The van der Waals surface area contributed by atoms with Gasteiger partial charge < -0.3 is 5.32 Å². The van der Waals surface area contributed by atoms with Gasteiger partial charge in [-0.3, -0.25) is 0 Å². The Balaban J connectivity index is 2.37. The predicted molar refractivity (Wildman–Crippen MR) is 86.2 cm³/mol. The Labute approximate surface area is 125 Å². The van der Waals surface area contributed by atoms with E-state index in [1.54, 1.807) is 0 Å². The van der Waals surface area contributed by atoms with Crippen molar-refractivity contribution in [3.63, 3.8) is 0 Å². The van der Waals surface area contributed by atoms with Crippen LogP contribution in [0.1, 0.15) is 31.9 Å². The zero-order valence-electron chi connectivity index (χ0n) is 12.6. The van der Waals surface area contributed by atoms with Crippen LogP contribution in [-0.4, -0.2) is 11.5 Å². The van der Waals surface area contributed by atoms with Crippen LogP contribution in [0, 0.1) is 0 Å². The number of rotatable bonds is 1. The lowest BCUT2D eigenvalue weighted by Crippen LogP contribution is -2.48. The quantitative estimate of drug-likeness (QED) is 0.800. The predicted octanol–water partition coefficient (Wildman–Crippen LogP) is 3.95. The van der Waals surface area contributed by atoms with Crippen molar-refractivity contribution in [1.82, 2.24) is 0 Å². The Hall–Kier alpha value is -2.31. The van der Waals surface area contributed by atoms with Gasteiger partial charge in [-0.15, -0.1) is 0 Å². The summed E-state index contributed by atoms with van der Waals surface area (Å²) in [5, 5.41) is 3.46. The van der Waals surface area contributed by atoms with Gasteiger partial charge in [0.2, 0.25) is 0 Å². The molecule has 0 spiro atoms. The third-order valence-electron chi connectivity index (χ3n) is 4.49. The summed E-state index contributed by atoms with van der Waals surface area (Å²) >= 11 is 0. The van der Waals surface area contributed by atoms with E-state index in [4.69, 9.17) is 0 Å². The van der Waals surface area contributed by atoms with Gasteiger partial charge in [0, 0.05) is 5.69 Å². The molecule has 0 saturated carbocycles. The molecule has 0 amide bonds. The summed E-state index contributed by atoms with van der Waals surface area (Å²) in [6.45, 7) is 6.18. The normalized spacial score (nSPS) is 22.9. The fraction of sp³-hybridized carbons (Fsp3) is 0.263. The Kier molecular flexibility index (Phi) is 3.00. The molecule has 0 fully saturated rings. The van der Waals surface area contributed by atoms with Crippen LogP contribution < -0.4 is 5.32 Å². The topological polar surface area (TPSA) is 29.1 Å². The van der Waals surface area contributed by atoms with Crippen LogP contribution >= 0.6 is 0 Å². The molecule has 1 heterocycles.